The molecule has 1 aromatic rings. The number of hydrogen-bond donors (Lipinski definition) is 0. The van der Waals surface area contributed by atoms with E-state index < -0.39 is 24.3 Å². The quantitative estimate of drug-likeness (QED) is 0.107. The van der Waals surface area contributed by atoms with Crippen LogP contribution in [0.2, 0.25) is 0 Å². The van der Waals surface area contributed by atoms with Gasteiger partial charge in [-0.25, -0.2) is 18.4 Å². The van der Waals surface area contributed by atoms with Crippen LogP contribution in [0.1, 0.15) is 129 Å². The number of carbonyl (C=O) groups is 2. The van der Waals surface area contributed by atoms with Crippen LogP contribution in [0.5, 0.6) is 11.5 Å². The van der Waals surface area contributed by atoms with Gasteiger partial charge in [0.05, 0.1) is 13.2 Å². The molecule has 0 amide bonds. The molecule has 2 aliphatic carbocycles. The molecule has 8 heteroatoms. The molecule has 6 nitrogen and oxygen atoms in total. The maximum absolute atomic E-state index is 14.1. The number of hydrogen-bond acceptors (Lipinski definition) is 6. The highest BCUT2D eigenvalue weighted by Gasteiger charge is 2.29. The zero-order chi connectivity index (χ0) is 31.6. The van der Waals surface area contributed by atoms with Crippen molar-refractivity contribution in [2.45, 2.75) is 154 Å². The third-order valence-electron chi connectivity index (χ3n) is 9.08. The lowest BCUT2D eigenvalue weighted by Crippen LogP contribution is -2.30. The number of halogens is 2. The SMILES string of the molecule is CCCCCC[C@H](F)C(=O)OC1CCC(COc2ccc(OCC3CCC(OC(=O)[C@@H](F)CCCCCC)CC3)cc2)CC1. The molecule has 0 N–H and O–H groups in total. The number of esters is 2. The summed E-state index contributed by atoms with van der Waals surface area (Å²) in [5, 5.41) is 0. The minimum absolute atomic E-state index is 0.193. The average Bonchev–Trinajstić information content (AvgIpc) is 3.04. The Hall–Kier alpha value is -2.38. The zero-order valence-corrected chi connectivity index (χ0v) is 27.1. The molecular weight excluding hydrogens is 566 g/mol. The number of alkyl halides is 2. The normalized spacial score (nSPS) is 23.4. The molecule has 250 valence electrons. The second-order valence-electron chi connectivity index (χ2n) is 12.9. The van der Waals surface area contributed by atoms with E-state index in [1.54, 1.807) is 0 Å². The Morgan fingerprint density at radius 1 is 0.614 bits per heavy atom. The lowest BCUT2D eigenvalue weighted by Gasteiger charge is -2.29. The van der Waals surface area contributed by atoms with E-state index in [2.05, 4.69) is 13.8 Å². The number of carbonyl (C=O) groups excluding carboxylic acids is 2. The highest BCUT2D eigenvalue weighted by atomic mass is 19.1. The first kappa shape index (κ1) is 36.1. The summed E-state index contributed by atoms with van der Waals surface area (Å²) in [6.07, 6.45) is 11.3. The molecule has 2 fully saturated rings. The van der Waals surface area contributed by atoms with E-state index in [1.807, 2.05) is 24.3 Å². The monoisotopic (exact) mass is 622 g/mol. The average molecular weight is 623 g/mol. The molecule has 0 unspecified atom stereocenters. The number of benzene rings is 1. The van der Waals surface area contributed by atoms with Gasteiger partial charge in [-0.1, -0.05) is 52.4 Å². The fourth-order valence-corrected chi connectivity index (χ4v) is 6.11. The first-order chi connectivity index (χ1) is 21.4. The standard InChI is InChI=1S/C36H56F2O6/c1-3-5-7-9-11-33(37)35(39)43-31-17-13-27(14-18-31)25-41-29-21-23-30(24-22-29)42-26-28-15-19-32(20-16-28)44-36(40)34(38)12-10-8-6-4-2/h21-24,27-28,31-34H,3-20,25-26H2,1-2H3/t27?,28?,31?,32?,33-,34-/m0/s1. The summed E-state index contributed by atoms with van der Waals surface area (Å²) in [4.78, 5) is 24.2. The Balaban J connectivity index is 1.24. The van der Waals surface area contributed by atoms with Crippen LogP contribution in [-0.4, -0.2) is 49.7 Å². The molecule has 0 bridgehead atoms. The second-order valence-corrected chi connectivity index (χ2v) is 12.9. The molecule has 0 spiro atoms. The van der Waals surface area contributed by atoms with Crippen LogP contribution in [0.25, 0.3) is 0 Å². The third kappa shape index (κ3) is 13.7. The minimum Gasteiger partial charge on any atom is -0.493 e. The van der Waals surface area contributed by atoms with E-state index in [9.17, 15) is 18.4 Å². The molecule has 1 aromatic carbocycles. The van der Waals surface area contributed by atoms with Crippen LogP contribution in [0.15, 0.2) is 24.3 Å². The van der Waals surface area contributed by atoms with Gasteiger partial charge in [-0.2, -0.15) is 0 Å². The molecule has 0 radical (unpaired) electrons. The van der Waals surface area contributed by atoms with Gasteiger partial charge in [-0.15, -0.1) is 0 Å². The molecule has 0 aliphatic heterocycles. The van der Waals surface area contributed by atoms with Crippen LogP contribution in [0.4, 0.5) is 8.78 Å². The summed E-state index contributed by atoms with van der Waals surface area (Å²) in [7, 11) is 0. The summed E-state index contributed by atoms with van der Waals surface area (Å²) in [5.74, 6) is 0.939. The Labute approximate surface area is 263 Å². The van der Waals surface area contributed by atoms with Crippen molar-refractivity contribution in [1.29, 1.82) is 0 Å². The smallest absolute Gasteiger partial charge is 0.340 e. The van der Waals surface area contributed by atoms with Gasteiger partial charge in [0, 0.05) is 0 Å². The molecular formula is C36H56F2O6. The highest BCUT2D eigenvalue weighted by molar-refractivity contribution is 5.75. The van der Waals surface area contributed by atoms with Gasteiger partial charge >= 0.3 is 11.9 Å². The lowest BCUT2D eigenvalue weighted by molar-refractivity contribution is -0.158. The zero-order valence-electron chi connectivity index (χ0n) is 27.1. The highest BCUT2D eigenvalue weighted by Crippen LogP contribution is 2.30. The maximum atomic E-state index is 14.1. The van der Waals surface area contributed by atoms with Crippen LogP contribution in [-0.2, 0) is 19.1 Å². The molecule has 0 saturated heterocycles. The van der Waals surface area contributed by atoms with Gasteiger partial charge in [-0.3, -0.25) is 0 Å². The fraction of sp³-hybridized carbons (Fsp3) is 0.778. The second kappa shape index (κ2) is 20.6. The van der Waals surface area contributed by atoms with E-state index in [0.29, 0.717) is 25.0 Å². The van der Waals surface area contributed by atoms with Gasteiger partial charge < -0.3 is 18.9 Å². The number of rotatable bonds is 20. The van der Waals surface area contributed by atoms with E-state index in [1.165, 1.54) is 0 Å². The van der Waals surface area contributed by atoms with Crippen molar-refractivity contribution in [3.63, 3.8) is 0 Å². The summed E-state index contributed by atoms with van der Waals surface area (Å²) in [6.45, 7) is 5.41. The molecule has 2 aliphatic rings. The van der Waals surface area contributed by atoms with E-state index >= 15 is 0 Å². The Morgan fingerprint density at radius 3 is 1.32 bits per heavy atom. The third-order valence-corrected chi connectivity index (χ3v) is 9.08. The first-order valence-electron chi connectivity index (χ1n) is 17.4. The van der Waals surface area contributed by atoms with Crippen LogP contribution >= 0.6 is 0 Å². The molecule has 0 aromatic heterocycles. The van der Waals surface area contributed by atoms with Crippen molar-refractivity contribution in [1.82, 2.24) is 0 Å². The summed E-state index contributed by atoms with van der Waals surface area (Å²) in [5.41, 5.74) is 0. The summed E-state index contributed by atoms with van der Waals surface area (Å²) >= 11 is 0. The molecule has 3 rings (SSSR count). The molecule has 2 atom stereocenters. The minimum atomic E-state index is -1.51. The maximum Gasteiger partial charge on any atom is 0.340 e. The van der Waals surface area contributed by atoms with Crippen molar-refractivity contribution < 1.29 is 37.3 Å². The van der Waals surface area contributed by atoms with Crippen molar-refractivity contribution in [2.24, 2.45) is 11.8 Å². The largest absolute Gasteiger partial charge is 0.493 e. The number of unbranched alkanes of at least 4 members (excludes halogenated alkanes) is 6. The molecule has 44 heavy (non-hydrogen) atoms. The summed E-state index contributed by atoms with van der Waals surface area (Å²) < 4.78 is 51.2. The van der Waals surface area contributed by atoms with Gasteiger partial charge in [0.1, 0.15) is 23.7 Å². The van der Waals surface area contributed by atoms with Crippen LogP contribution in [0, 0.1) is 11.8 Å². The molecule has 0 heterocycles. The van der Waals surface area contributed by atoms with Crippen molar-refractivity contribution in [3.8, 4) is 11.5 Å². The van der Waals surface area contributed by atoms with Crippen molar-refractivity contribution >= 4 is 11.9 Å². The van der Waals surface area contributed by atoms with E-state index in [0.717, 1.165) is 114 Å². The number of ether oxygens (including phenoxy) is 4. The van der Waals surface area contributed by atoms with Gasteiger partial charge in [0.2, 0.25) is 0 Å². The van der Waals surface area contributed by atoms with Crippen LogP contribution < -0.4 is 9.47 Å². The topological polar surface area (TPSA) is 71.1 Å². The first-order valence-corrected chi connectivity index (χ1v) is 17.4. The van der Waals surface area contributed by atoms with Crippen LogP contribution in [0.3, 0.4) is 0 Å². The van der Waals surface area contributed by atoms with Gasteiger partial charge in [-0.05, 0) is 113 Å². The van der Waals surface area contributed by atoms with Crippen molar-refractivity contribution in [3.05, 3.63) is 24.3 Å². The predicted octanol–water partition coefficient (Wildman–Crippen LogP) is 9.27. The van der Waals surface area contributed by atoms with Gasteiger partial charge in [0.15, 0.2) is 12.3 Å². The molecule has 2 saturated carbocycles. The van der Waals surface area contributed by atoms with Gasteiger partial charge in [0.25, 0.3) is 0 Å². The van der Waals surface area contributed by atoms with E-state index in [-0.39, 0.29) is 25.0 Å². The van der Waals surface area contributed by atoms with Crippen molar-refractivity contribution in [2.75, 3.05) is 13.2 Å². The predicted molar refractivity (Wildman–Crippen MR) is 168 cm³/mol. The lowest BCUT2D eigenvalue weighted by atomic mass is 9.88. The van der Waals surface area contributed by atoms with E-state index in [4.69, 9.17) is 18.9 Å². The Bertz CT molecular complexity index is 850. The fourth-order valence-electron chi connectivity index (χ4n) is 6.11. The summed E-state index contributed by atoms with van der Waals surface area (Å²) in [6, 6.07) is 7.65. The Kier molecular flexibility index (Phi) is 16.9. The Morgan fingerprint density at radius 2 is 0.977 bits per heavy atom.